The molecule has 5 N–H and O–H groups in total. The predicted molar refractivity (Wildman–Crippen MR) is 265 cm³/mol. The van der Waals surface area contributed by atoms with E-state index in [0.717, 1.165) is 47.5 Å². The van der Waals surface area contributed by atoms with Crippen molar-refractivity contribution < 1.29 is 76.4 Å². The number of carbonyl (C=O) groups excluding carboxylic acids is 3. The summed E-state index contributed by atoms with van der Waals surface area (Å²) in [6.07, 6.45) is 6.31. The molecule has 0 aliphatic carbocycles. The number of amidine groups is 1. The molecule has 0 radical (unpaired) electrons. The van der Waals surface area contributed by atoms with Crippen LogP contribution in [0.25, 0.3) is 6.08 Å². The number of aliphatic carboxylic acids is 1. The molecule has 70 heavy (non-hydrogen) atoms. The third-order valence-electron chi connectivity index (χ3n) is 9.54. The normalized spacial score (nSPS) is 12.5. The molecule has 2 rings (SSSR count). The molecule has 22 heteroatoms. The van der Waals surface area contributed by atoms with Crippen molar-refractivity contribution in [2.45, 2.75) is 84.7 Å². The van der Waals surface area contributed by atoms with E-state index in [1.54, 1.807) is 37.0 Å². The fraction of sp³-hybridized carbons (Fsp3) is 0.771. The summed E-state index contributed by atoms with van der Waals surface area (Å²) in [6.45, 7) is 17.6. The van der Waals surface area contributed by atoms with Gasteiger partial charge in [-0.25, -0.2) is 9.79 Å². The van der Waals surface area contributed by atoms with E-state index in [1.165, 1.54) is 0 Å². The fourth-order valence-corrected chi connectivity index (χ4v) is 7.32. The van der Waals surface area contributed by atoms with Crippen LogP contribution >= 0.6 is 11.3 Å². The summed E-state index contributed by atoms with van der Waals surface area (Å²) in [6, 6.07) is 2.04. The van der Waals surface area contributed by atoms with Crippen LogP contribution in [-0.4, -0.2) is 204 Å². The van der Waals surface area contributed by atoms with Crippen LogP contribution in [0.4, 0.5) is 10.5 Å². The molecule has 0 aromatic carbocycles. The molecule has 0 spiro atoms. The molecule has 0 saturated carbocycles. The van der Waals surface area contributed by atoms with E-state index in [1.807, 2.05) is 19.1 Å². The van der Waals surface area contributed by atoms with Gasteiger partial charge >= 0.3 is 12.1 Å². The summed E-state index contributed by atoms with van der Waals surface area (Å²) in [7, 11) is 0. The smallest absolute Gasteiger partial charge is 0.407 e. The maximum Gasteiger partial charge on any atom is 0.407 e. The Morgan fingerprint density at radius 2 is 1.13 bits per heavy atom. The van der Waals surface area contributed by atoms with Gasteiger partial charge in [-0.15, -0.1) is 11.3 Å². The van der Waals surface area contributed by atoms with Gasteiger partial charge < -0.3 is 78.5 Å². The number of carbonyl (C=O) groups is 4. The van der Waals surface area contributed by atoms with Gasteiger partial charge in [0, 0.05) is 49.5 Å². The second-order valence-electron chi connectivity index (χ2n) is 16.8. The molecule has 0 saturated heterocycles. The Morgan fingerprint density at radius 3 is 1.59 bits per heavy atom. The number of unbranched alkanes of at least 4 members (excludes halogenated alkanes) is 2. The summed E-state index contributed by atoms with van der Waals surface area (Å²) in [4.78, 5) is 56.8. The van der Waals surface area contributed by atoms with Crippen LogP contribution in [0.2, 0.25) is 0 Å². The molecule has 0 atom stereocenters. The van der Waals surface area contributed by atoms with E-state index >= 15 is 0 Å². The number of nitrogens with zero attached hydrogens (tertiary/aromatic N) is 2. The molecule has 3 amide bonds. The standard InChI is InChI=1S/C48H83N5O16S/c1-5-14-53(15-13-51-47(58)69-48(2,3)4)46(57)39-36-42-41(52-43(49)37-39)38-40(70-42)9-7-6-8-12-50-44(54)10-16-59-18-20-61-22-24-63-26-28-65-30-32-67-34-35-68-33-31-66-29-27-64-25-23-62-21-19-60-17-11-45(55)56/h36,38H,5-35,37H2,1-4H3,(H2,49,52)(H,50,54)(H,51,58)(H,55,56). The molecule has 0 bridgehead atoms. The van der Waals surface area contributed by atoms with Crippen LogP contribution in [0, 0.1) is 0 Å². The van der Waals surface area contributed by atoms with Crippen LogP contribution in [0.15, 0.2) is 16.6 Å². The van der Waals surface area contributed by atoms with Gasteiger partial charge in [-0.3, -0.25) is 14.4 Å². The van der Waals surface area contributed by atoms with Crippen LogP contribution in [0.5, 0.6) is 0 Å². The van der Waals surface area contributed by atoms with Gasteiger partial charge in [-0.2, -0.15) is 0 Å². The Morgan fingerprint density at radius 1 is 0.657 bits per heavy atom. The van der Waals surface area contributed by atoms with Crippen molar-refractivity contribution in [1.29, 1.82) is 0 Å². The Balaban J connectivity index is 1.36. The zero-order valence-electron chi connectivity index (χ0n) is 42.2. The Labute approximate surface area is 418 Å². The summed E-state index contributed by atoms with van der Waals surface area (Å²) in [5.74, 6) is -0.660. The van der Waals surface area contributed by atoms with Gasteiger partial charge in [0.25, 0.3) is 0 Å². The Kier molecular flexibility index (Phi) is 36.3. The van der Waals surface area contributed by atoms with Gasteiger partial charge in [0.1, 0.15) is 11.4 Å². The maximum absolute atomic E-state index is 13.6. The second-order valence-corrected chi connectivity index (χ2v) is 18.0. The largest absolute Gasteiger partial charge is 0.481 e. The third-order valence-corrected chi connectivity index (χ3v) is 10.7. The molecule has 1 aromatic rings. The molecule has 0 fully saturated rings. The van der Waals surface area contributed by atoms with Crippen molar-refractivity contribution in [1.82, 2.24) is 15.5 Å². The lowest BCUT2D eigenvalue weighted by Crippen LogP contribution is -2.41. The lowest BCUT2D eigenvalue weighted by Gasteiger charge is -2.24. The van der Waals surface area contributed by atoms with Crippen LogP contribution in [0.1, 0.15) is 82.4 Å². The number of aryl methyl sites for hydroxylation is 1. The van der Waals surface area contributed by atoms with Crippen molar-refractivity contribution in [3.05, 3.63) is 21.4 Å². The number of nitrogens with one attached hydrogen (secondary N) is 2. The van der Waals surface area contributed by atoms with E-state index in [-0.39, 0.29) is 44.2 Å². The topological polar surface area (TPSA) is 256 Å². The molecule has 0 unspecified atom stereocenters. The molecule has 21 nitrogen and oxygen atoms in total. The van der Waals surface area contributed by atoms with Crippen molar-refractivity contribution in [3.8, 4) is 0 Å². The van der Waals surface area contributed by atoms with E-state index in [9.17, 15) is 19.2 Å². The predicted octanol–water partition coefficient (Wildman–Crippen LogP) is 4.15. The number of nitrogens with two attached hydrogens (primary N) is 1. The highest BCUT2D eigenvalue weighted by Gasteiger charge is 2.23. The highest BCUT2D eigenvalue weighted by Crippen LogP contribution is 2.35. The molecular formula is C48H83N5O16S. The van der Waals surface area contributed by atoms with Crippen LogP contribution in [-0.2, 0) is 72.9 Å². The first-order chi connectivity index (χ1) is 33.9. The van der Waals surface area contributed by atoms with E-state index in [2.05, 4.69) is 15.6 Å². The van der Waals surface area contributed by atoms with E-state index < -0.39 is 17.7 Å². The third kappa shape index (κ3) is 34.5. The lowest BCUT2D eigenvalue weighted by atomic mass is 10.1. The van der Waals surface area contributed by atoms with Crippen molar-refractivity contribution >= 4 is 52.8 Å². The number of aliphatic imine (C=N–C) groups is 1. The lowest BCUT2D eigenvalue weighted by molar-refractivity contribution is -0.138. The summed E-state index contributed by atoms with van der Waals surface area (Å²) >= 11 is 1.62. The molecular weight excluding hydrogens is 935 g/mol. The zero-order valence-corrected chi connectivity index (χ0v) is 43.0. The minimum atomic E-state index is -0.883. The summed E-state index contributed by atoms with van der Waals surface area (Å²) in [5, 5.41) is 14.2. The number of alkyl carbamates (subject to hydrolysis) is 1. The van der Waals surface area contributed by atoms with E-state index in [4.69, 9.17) is 62.9 Å². The molecule has 2 heterocycles. The molecule has 402 valence electrons. The Bertz CT molecular complexity index is 1630. The minimum Gasteiger partial charge on any atom is -0.481 e. The first kappa shape index (κ1) is 62.3. The molecule has 1 aliphatic heterocycles. The van der Waals surface area contributed by atoms with Gasteiger partial charge in [-0.1, -0.05) is 13.3 Å². The highest BCUT2D eigenvalue weighted by molar-refractivity contribution is 7.13. The number of carboxylic acids is 1. The number of thiophene rings is 1. The number of hydrogen-bond donors (Lipinski definition) is 4. The number of rotatable bonds is 45. The van der Waals surface area contributed by atoms with Gasteiger partial charge in [-0.05, 0) is 58.6 Å². The van der Waals surface area contributed by atoms with Crippen LogP contribution < -0.4 is 16.4 Å². The minimum absolute atomic E-state index is 0.0132. The summed E-state index contributed by atoms with van der Waals surface area (Å²) in [5.41, 5.74) is 7.01. The first-order valence-corrected chi connectivity index (χ1v) is 25.4. The van der Waals surface area contributed by atoms with Crippen molar-refractivity contribution in [3.63, 3.8) is 0 Å². The van der Waals surface area contributed by atoms with Gasteiger partial charge in [0.2, 0.25) is 11.8 Å². The first-order valence-electron chi connectivity index (χ1n) is 24.6. The Hall–Kier alpha value is -3.81. The zero-order chi connectivity index (χ0) is 50.9. The van der Waals surface area contributed by atoms with Crippen molar-refractivity contribution in [2.75, 3.05) is 158 Å². The van der Waals surface area contributed by atoms with Gasteiger partial charge in [0.05, 0.1) is 149 Å². The number of amides is 3. The SMILES string of the molecule is CCCN(CCNC(=O)OC(C)(C)C)C(=O)C1=Cc2sc(CCCCCNC(=O)CCOCCOCCOCCOCCOCCOCCOCCOCCOCCOCCC(=O)O)cc2N=C(N)C1. The average Bonchev–Trinajstić information content (AvgIpc) is 3.60. The monoisotopic (exact) mass is 1020 g/mol. The quantitative estimate of drug-likeness (QED) is 0.0670. The maximum atomic E-state index is 13.6. The van der Waals surface area contributed by atoms with E-state index in [0.29, 0.717) is 157 Å². The highest BCUT2D eigenvalue weighted by atomic mass is 32.1. The van der Waals surface area contributed by atoms with Crippen molar-refractivity contribution in [2.24, 2.45) is 10.7 Å². The number of carboxylic acid groups (broad SMARTS) is 1. The second kappa shape index (κ2) is 40.7. The fourth-order valence-electron chi connectivity index (χ4n) is 6.21. The molecule has 1 aromatic heterocycles. The molecule has 1 aliphatic rings. The average molecular weight is 1020 g/mol. The van der Waals surface area contributed by atoms with Crippen LogP contribution in [0.3, 0.4) is 0 Å². The number of hydrogen-bond acceptors (Lipinski definition) is 18. The number of fused-ring (bicyclic) bond motifs is 1. The summed E-state index contributed by atoms with van der Waals surface area (Å²) < 4.78 is 59.7. The number of ether oxygens (including phenoxy) is 11. The van der Waals surface area contributed by atoms with Gasteiger partial charge in [0.15, 0.2) is 0 Å².